The monoisotopic (exact) mass is 395 g/mol. The van der Waals surface area contributed by atoms with E-state index >= 15 is 0 Å². The first-order valence-electron chi connectivity index (χ1n) is 9.89. The summed E-state index contributed by atoms with van der Waals surface area (Å²) in [6.07, 6.45) is 4.81. The fourth-order valence-electron chi connectivity index (χ4n) is 4.43. The number of nitriles is 1. The molecule has 2 aliphatic rings. The van der Waals surface area contributed by atoms with Crippen molar-refractivity contribution in [3.63, 3.8) is 0 Å². The molecule has 0 spiro atoms. The Morgan fingerprint density at radius 1 is 1.31 bits per heavy atom. The van der Waals surface area contributed by atoms with Gasteiger partial charge in [0, 0.05) is 48.9 Å². The van der Waals surface area contributed by atoms with Crippen LogP contribution in [0.4, 0.5) is 17.6 Å². The van der Waals surface area contributed by atoms with Crippen LogP contribution < -0.4 is 16.4 Å². The van der Waals surface area contributed by atoms with Gasteiger partial charge in [-0.25, -0.2) is 4.98 Å². The molecule has 3 atom stereocenters. The topological polar surface area (TPSA) is 149 Å². The molecule has 10 heteroatoms. The smallest absolute Gasteiger partial charge is 0.267 e. The molecule has 5 N–H and O–H groups in total. The molecule has 2 aromatic heterocycles. The maximum atomic E-state index is 11.7. The second-order valence-electron chi connectivity index (χ2n) is 7.73. The maximum Gasteiger partial charge on any atom is 0.267 e. The summed E-state index contributed by atoms with van der Waals surface area (Å²) < 4.78 is 0. The SMILES string of the molecule is Cc1cc(Nc2cc(C(N)=O)nc(NC3C[C@H]4CC[C@@H](C3)N4CCC#N)n2)n[nH]1. The molecule has 2 saturated heterocycles. The largest absolute Gasteiger partial charge is 0.364 e. The van der Waals surface area contributed by atoms with Gasteiger partial charge in [0.1, 0.15) is 11.5 Å². The van der Waals surface area contributed by atoms with Crippen LogP contribution in [0.5, 0.6) is 0 Å². The van der Waals surface area contributed by atoms with Crippen LogP contribution in [0.1, 0.15) is 48.3 Å². The number of carbonyl (C=O) groups excluding carboxylic acids is 1. The number of aromatic amines is 1. The highest BCUT2D eigenvalue weighted by atomic mass is 16.1. The van der Waals surface area contributed by atoms with Crippen LogP contribution in [0, 0.1) is 18.3 Å². The molecule has 4 heterocycles. The zero-order chi connectivity index (χ0) is 20.4. The van der Waals surface area contributed by atoms with E-state index in [1.165, 1.54) is 6.07 Å². The number of fused-ring (bicyclic) bond motifs is 2. The van der Waals surface area contributed by atoms with Gasteiger partial charge in [-0.05, 0) is 32.6 Å². The molecule has 10 nitrogen and oxygen atoms in total. The van der Waals surface area contributed by atoms with E-state index in [4.69, 9.17) is 11.0 Å². The number of rotatable bonds is 7. The Labute approximate surface area is 168 Å². The molecular formula is C19H25N9O. The third-order valence-corrected chi connectivity index (χ3v) is 5.64. The lowest BCUT2D eigenvalue weighted by atomic mass is 9.97. The molecule has 4 rings (SSSR count). The van der Waals surface area contributed by atoms with E-state index in [0.717, 1.165) is 37.9 Å². The van der Waals surface area contributed by atoms with Gasteiger partial charge < -0.3 is 16.4 Å². The number of piperidine rings is 1. The summed E-state index contributed by atoms with van der Waals surface area (Å²) in [6, 6.07) is 6.77. The lowest BCUT2D eigenvalue weighted by molar-refractivity contribution is 0.0995. The van der Waals surface area contributed by atoms with Crippen molar-refractivity contribution < 1.29 is 4.79 Å². The van der Waals surface area contributed by atoms with Gasteiger partial charge in [-0.1, -0.05) is 0 Å². The molecule has 29 heavy (non-hydrogen) atoms. The first-order valence-corrected chi connectivity index (χ1v) is 9.89. The fraction of sp³-hybridized carbons (Fsp3) is 0.526. The van der Waals surface area contributed by atoms with E-state index in [0.29, 0.717) is 36.1 Å². The Balaban J connectivity index is 1.48. The average Bonchev–Trinajstić information content (AvgIpc) is 3.19. The lowest BCUT2D eigenvalue weighted by Gasteiger charge is -2.38. The van der Waals surface area contributed by atoms with Crippen LogP contribution in [0.15, 0.2) is 12.1 Å². The number of primary amides is 1. The number of nitrogens with one attached hydrogen (secondary N) is 3. The van der Waals surface area contributed by atoms with Gasteiger partial charge in [-0.2, -0.15) is 15.3 Å². The van der Waals surface area contributed by atoms with Crippen molar-refractivity contribution in [1.82, 2.24) is 25.1 Å². The Kier molecular flexibility index (Phi) is 5.31. The normalized spacial score (nSPS) is 23.5. The lowest BCUT2D eigenvalue weighted by Crippen LogP contribution is -2.47. The second kappa shape index (κ2) is 8.05. The minimum absolute atomic E-state index is 0.145. The number of nitrogens with zero attached hydrogens (tertiary/aromatic N) is 5. The molecular weight excluding hydrogens is 370 g/mol. The Bertz CT molecular complexity index is 920. The standard InChI is InChI=1S/C19H25N9O/c1-11-7-17(27-26-11)24-16-10-15(18(21)29)23-19(25-16)22-12-8-13-3-4-14(9-12)28(13)6-2-5-20/h7,10,12-14H,2-4,6,8-9H2,1H3,(H2,21,29)(H3,22,23,24,25,26,27)/t12?,13-,14+. The number of amides is 1. The van der Waals surface area contributed by atoms with E-state index in [1.807, 2.05) is 13.0 Å². The first kappa shape index (κ1) is 19.1. The number of H-pyrrole nitrogens is 1. The van der Waals surface area contributed by atoms with Crippen molar-refractivity contribution in [2.45, 2.75) is 57.2 Å². The van der Waals surface area contributed by atoms with E-state index in [-0.39, 0.29) is 11.7 Å². The number of hydrogen-bond acceptors (Lipinski definition) is 8. The van der Waals surface area contributed by atoms with Gasteiger partial charge in [-0.3, -0.25) is 14.8 Å². The Hall–Kier alpha value is -3.19. The predicted molar refractivity (Wildman–Crippen MR) is 108 cm³/mol. The van der Waals surface area contributed by atoms with Gasteiger partial charge in [-0.15, -0.1) is 0 Å². The molecule has 0 radical (unpaired) electrons. The minimum Gasteiger partial charge on any atom is -0.364 e. The minimum atomic E-state index is -0.608. The summed E-state index contributed by atoms with van der Waals surface area (Å²) in [4.78, 5) is 23.0. The summed E-state index contributed by atoms with van der Waals surface area (Å²) in [5.74, 6) is 0.831. The summed E-state index contributed by atoms with van der Waals surface area (Å²) >= 11 is 0. The third-order valence-electron chi connectivity index (χ3n) is 5.64. The molecule has 2 fully saturated rings. The number of carbonyl (C=O) groups is 1. The van der Waals surface area contributed by atoms with Crippen molar-refractivity contribution in [2.24, 2.45) is 5.73 Å². The van der Waals surface area contributed by atoms with Crippen molar-refractivity contribution >= 4 is 23.5 Å². The highest BCUT2D eigenvalue weighted by molar-refractivity contribution is 5.92. The van der Waals surface area contributed by atoms with Crippen LogP contribution in [0.25, 0.3) is 0 Å². The number of aryl methyl sites for hydroxylation is 1. The van der Waals surface area contributed by atoms with E-state index < -0.39 is 5.91 Å². The van der Waals surface area contributed by atoms with Crippen molar-refractivity contribution in [2.75, 3.05) is 17.2 Å². The second-order valence-corrected chi connectivity index (χ2v) is 7.73. The first-order chi connectivity index (χ1) is 14.0. The van der Waals surface area contributed by atoms with Crippen LogP contribution in [-0.2, 0) is 0 Å². The van der Waals surface area contributed by atoms with Crippen LogP contribution in [-0.4, -0.2) is 55.6 Å². The molecule has 0 saturated carbocycles. The van der Waals surface area contributed by atoms with Gasteiger partial charge >= 0.3 is 0 Å². The van der Waals surface area contributed by atoms with E-state index in [2.05, 4.69) is 41.8 Å². The van der Waals surface area contributed by atoms with Crippen LogP contribution >= 0.6 is 0 Å². The van der Waals surface area contributed by atoms with Gasteiger partial charge in [0.05, 0.1) is 6.07 Å². The number of nitrogens with two attached hydrogens (primary N) is 1. The summed E-state index contributed by atoms with van der Waals surface area (Å²) in [6.45, 7) is 2.74. The summed E-state index contributed by atoms with van der Waals surface area (Å²) in [7, 11) is 0. The number of aromatic nitrogens is 4. The zero-order valence-electron chi connectivity index (χ0n) is 16.4. The fourth-order valence-corrected chi connectivity index (χ4v) is 4.43. The van der Waals surface area contributed by atoms with Gasteiger partial charge in [0.2, 0.25) is 5.95 Å². The van der Waals surface area contributed by atoms with Gasteiger partial charge in [0.25, 0.3) is 5.91 Å². The van der Waals surface area contributed by atoms with Crippen molar-refractivity contribution in [3.05, 3.63) is 23.5 Å². The molecule has 1 amide bonds. The number of anilines is 3. The maximum absolute atomic E-state index is 11.7. The van der Waals surface area contributed by atoms with Crippen LogP contribution in [0.2, 0.25) is 0 Å². The summed E-state index contributed by atoms with van der Waals surface area (Å²) in [5, 5.41) is 22.3. The Morgan fingerprint density at radius 2 is 2.07 bits per heavy atom. The highest BCUT2D eigenvalue weighted by Crippen LogP contribution is 2.36. The average molecular weight is 395 g/mol. The van der Waals surface area contributed by atoms with E-state index in [1.54, 1.807) is 0 Å². The van der Waals surface area contributed by atoms with Crippen molar-refractivity contribution in [3.8, 4) is 6.07 Å². The molecule has 2 aliphatic heterocycles. The van der Waals surface area contributed by atoms with Crippen LogP contribution in [0.3, 0.4) is 0 Å². The predicted octanol–water partition coefficient (Wildman–Crippen LogP) is 1.67. The highest BCUT2D eigenvalue weighted by Gasteiger charge is 2.40. The molecule has 0 aromatic carbocycles. The number of hydrogen-bond donors (Lipinski definition) is 4. The summed E-state index contributed by atoms with van der Waals surface area (Å²) in [5.41, 5.74) is 6.52. The van der Waals surface area contributed by atoms with Crippen molar-refractivity contribution in [1.29, 1.82) is 5.26 Å². The molecule has 2 aromatic rings. The molecule has 1 unspecified atom stereocenters. The van der Waals surface area contributed by atoms with E-state index in [9.17, 15) is 4.79 Å². The quantitative estimate of drug-likeness (QED) is 0.553. The molecule has 152 valence electrons. The molecule has 2 bridgehead atoms. The third kappa shape index (κ3) is 4.30. The zero-order valence-corrected chi connectivity index (χ0v) is 16.4. The Morgan fingerprint density at radius 3 is 2.69 bits per heavy atom. The van der Waals surface area contributed by atoms with Gasteiger partial charge in [0.15, 0.2) is 5.82 Å². The molecule has 0 aliphatic carbocycles.